The Bertz CT molecular complexity index is 511. The molecule has 0 saturated carbocycles. The highest BCUT2D eigenvalue weighted by atomic mass is 16.4. The quantitative estimate of drug-likeness (QED) is 0.887. The minimum absolute atomic E-state index is 0.188. The Morgan fingerprint density at radius 1 is 1.42 bits per heavy atom. The van der Waals surface area contributed by atoms with Gasteiger partial charge in [0.1, 0.15) is 0 Å². The summed E-state index contributed by atoms with van der Waals surface area (Å²) in [5.74, 6) is 0. The average Bonchev–Trinajstić information content (AvgIpc) is 2.40. The predicted octanol–water partition coefficient (Wildman–Crippen LogP) is 2.92. The van der Waals surface area contributed by atoms with Crippen molar-refractivity contribution in [2.24, 2.45) is 0 Å². The molecule has 1 aromatic rings. The van der Waals surface area contributed by atoms with Crippen molar-refractivity contribution in [2.75, 3.05) is 13.1 Å². The molecule has 0 aliphatic carbocycles. The van der Waals surface area contributed by atoms with Crippen LogP contribution in [0.4, 0.5) is 4.79 Å². The van der Waals surface area contributed by atoms with E-state index in [4.69, 9.17) is 10.4 Å². The van der Waals surface area contributed by atoms with Crippen molar-refractivity contribution < 1.29 is 9.90 Å². The van der Waals surface area contributed by atoms with Gasteiger partial charge in [-0.2, -0.15) is 5.26 Å². The van der Waals surface area contributed by atoms with Crippen LogP contribution in [-0.2, 0) is 5.41 Å². The topological polar surface area (TPSA) is 64.3 Å². The van der Waals surface area contributed by atoms with E-state index in [0.29, 0.717) is 19.5 Å². The maximum absolute atomic E-state index is 11.0. The number of amides is 1. The van der Waals surface area contributed by atoms with E-state index in [2.05, 4.69) is 25.1 Å². The molecule has 1 saturated heterocycles. The highest BCUT2D eigenvalue weighted by molar-refractivity contribution is 5.65. The number of aryl methyl sites for hydroxylation is 1. The van der Waals surface area contributed by atoms with Crippen LogP contribution in [0.1, 0.15) is 30.4 Å². The van der Waals surface area contributed by atoms with Crippen molar-refractivity contribution in [1.29, 1.82) is 5.26 Å². The molecule has 0 radical (unpaired) electrons. The number of carboxylic acid groups (broad SMARTS) is 1. The average molecular weight is 258 g/mol. The van der Waals surface area contributed by atoms with Gasteiger partial charge >= 0.3 is 6.09 Å². The Hall–Kier alpha value is -2.02. The predicted molar refractivity (Wildman–Crippen MR) is 71.9 cm³/mol. The summed E-state index contributed by atoms with van der Waals surface area (Å²) in [6, 6.07) is 10.4. The summed E-state index contributed by atoms with van der Waals surface area (Å²) >= 11 is 0. The summed E-state index contributed by atoms with van der Waals surface area (Å²) < 4.78 is 0. The summed E-state index contributed by atoms with van der Waals surface area (Å²) in [7, 11) is 0. The molecule has 4 nitrogen and oxygen atoms in total. The molecule has 1 heterocycles. The first-order chi connectivity index (χ1) is 9.09. The van der Waals surface area contributed by atoms with Crippen LogP contribution in [0.15, 0.2) is 24.3 Å². The van der Waals surface area contributed by atoms with Gasteiger partial charge in [0.05, 0.1) is 6.07 Å². The third-order valence-electron chi connectivity index (χ3n) is 4.12. The largest absolute Gasteiger partial charge is 0.465 e. The third kappa shape index (κ3) is 2.55. The molecule has 100 valence electrons. The van der Waals surface area contributed by atoms with Crippen molar-refractivity contribution in [1.82, 2.24) is 4.90 Å². The zero-order valence-electron chi connectivity index (χ0n) is 11.1. The normalized spacial score (nSPS) is 17.8. The minimum atomic E-state index is -0.865. The maximum atomic E-state index is 11.0. The fourth-order valence-corrected chi connectivity index (χ4v) is 2.99. The molecule has 0 unspecified atom stereocenters. The molecule has 4 heteroatoms. The maximum Gasteiger partial charge on any atom is 0.407 e. The first kappa shape index (κ1) is 13.4. The molecular weight excluding hydrogens is 240 g/mol. The Balaban J connectivity index is 2.29. The molecule has 1 aromatic carbocycles. The zero-order valence-corrected chi connectivity index (χ0v) is 11.1. The number of rotatable bonds is 2. The monoisotopic (exact) mass is 258 g/mol. The summed E-state index contributed by atoms with van der Waals surface area (Å²) in [5, 5.41) is 18.2. The summed E-state index contributed by atoms with van der Waals surface area (Å²) in [4.78, 5) is 12.4. The van der Waals surface area contributed by atoms with Gasteiger partial charge in [-0.3, -0.25) is 0 Å². The van der Waals surface area contributed by atoms with Crippen molar-refractivity contribution in [3.05, 3.63) is 35.4 Å². The molecule has 0 aromatic heterocycles. The molecule has 2 rings (SSSR count). The van der Waals surface area contributed by atoms with Crippen LogP contribution in [0.5, 0.6) is 0 Å². The highest BCUT2D eigenvalue weighted by Crippen LogP contribution is 2.39. The van der Waals surface area contributed by atoms with Crippen LogP contribution in [-0.4, -0.2) is 29.2 Å². The van der Waals surface area contributed by atoms with Gasteiger partial charge in [-0.1, -0.05) is 24.3 Å². The molecule has 0 atom stereocenters. The van der Waals surface area contributed by atoms with Crippen LogP contribution in [0.25, 0.3) is 0 Å². The van der Waals surface area contributed by atoms with Crippen molar-refractivity contribution >= 4 is 6.09 Å². The van der Waals surface area contributed by atoms with Crippen LogP contribution in [0.2, 0.25) is 0 Å². The van der Waals surface area contributed by atoms with E-state index in [1.807, 2.05) is 12.1 Å². The number of benzene rings is 1. The Labute approximate surface area is 113 Å². The van der Waals surface area contributed by atoms with Gasteiger partial charge < -0.3 is 10.0 Å². The van der Waals surface area contributed by atoms with Gasteiger partial charge in [-0.05, 0) is 30.9 Å². The molecule has 0 bridgehead atoms. The number of hydrogen-bond acceptors (Lipinski definition) is 2. The van der Waals surface area contributed by atoms with E-state index in [-0.39, 0.29) is 5.41 Å². The lowest BCUT2D eigenvalue weighted by atomic mass is 9.69. The fourth-order valence-electron chi connectivity index (χ4n) is 2.99. The van der Waals surface area contributed by atoms with E-state index in [1.165, 1.54) is 16.0 Å². The van der Waals surface area contributed by atoms with Crippen LogP contribution < -0.4 is 0 Å². The van der Waals surface area contributed by atoms with Gasteiger partial charge in [-0.25, -0.2) is 4.79 Å². The lowest BCUT2D eigenvalue weighted by Crippen LogP contribution is -2.44. The van der Waals surface area contributed by atoms with Crippen molar-refractivity contribution in [3.8, 4) is 6.07 Å². The van der Waals surface area contributed by atoms with E-state index >= 15 is 0 Å². The lowest BCUT2D eigenvalue weighted by Gasteiger charge is -2.40. The molecule has 1 aliphatic heterocycles. The highest BCUT2D eigenvalue weighted by Gasteiger charge is 2.38. The molecular formula is C15H18N2O2. The number of hydrogen-bond donors (Lipinski definition) is 1. The molecule has 19 heavy (non-hydrogen) atoms. The van der Waals surface area contributed by atoms with Crippen LogP contribution in [0.3, 0.4) is 0 Å². The van der Waals surface area contributed by atoms with E-state index < -0.39 is 6.09 Å². The van der Waals surface area contributed by atoms with E-state index in [0.717, 1.165) is 12.8 Å². The zero-order chi connectivity index (χ0) is 13.9. The number of carbonyl (C=O) groups is 1. The fraction of sp³-hybridized carbons (Fsp3) is 0.467. The first-order valence-corrected chi connectivity index (χ1v) is 6.50. The molecule has 1 aliphatic rings. The molecule has 1 fully saturated rings. The van der Waals surface area contributed by atoms with E-state index in [9.17, 15) is 4.79 Å². The molecule has 1 amide bonds. The van der Waals surface area contributed by atoms with Crippen LogP contribution >= 0.6 is 0 Å². The second-order valence-corrected chi connectivity index (χ2v) is 5.20. The second kappa shape index (κ2) is 5.31. The van der Waals surface area contributed by atoms with Crippen molar-refractivity contribution in [3.63, 3.8) is 0 Å². The van der Waals surface area contributed by atoms with Gasteiger partial charge in [0, 0.05) is 24.9 Å². The Morgan fingerprint density at radius 2 is 2.05 bits per heavy atom. The van der Waals surface area contributed by atoms with Crippen LogP contribution in [0, 0.1) is 18.3 Å². The second-order valence-electron chi connectivity index (χ2n) is 5.20. The molecule has 0 spiro atoms. The van der Waals surface area contributed by atoms with Gasteiger partial charge in [0.15, 0.2) is 0 Å². The summed E-state index contributed by atoms with van der Waals surface area (Å²) in [5.41, 5.74) is 2.19. The first-order valence-electron chi connectivity index (χ1n) is 6.50. The third-order valence-corrected chi connectivity index (χ3v) is 4.12. The van der Waals surface area contributed by atoms with Crippen molar-refractivity contribution in [2.45, 2.75) is 31.6 Å². The minimum Gasteiger partial charge on any atom is -0.465 e. The Morgan fingerprint density at radius 3 is 2.58 bits per heavy atom. The summed E-state index contributed by atoms with van der Waals surface area (Å²) in [6.45, 7) is 3.06. The molecule has 1 N–H and O–H groups in total. The van der Waals surface area contributed by atoms with Gasteiger partial charge in [0.25, 0.3) is 0 Å². The summed E-state index contributed by atoms with van der Waals surface area (Å²) in [6.07, 6.45) is 1.02. The number of piperidine rings is 1. The Kier molecular flexibility index (Phi) is 3.75. The smallest absolute Gasteiger partial charge is 0.407 e. The lowest BCUT2D eigenvalue weighted by molar-refractivity contribution is 0.116. The number of nitrogens with zero attached hydrogens (tertiary/aromatic N) is 2. The van der Waals surface area contributed by atoms with Gasteiger partial charge in [-0.15, -0.1) is 0 Å². The van der Waals surface area contributed by atoms with Gasteiger partial charge in [0.2, 0.25) is 0 Å². The SMILES string of the molecule is Cc1ccccc1C1(CC#N)CCN(C(=O)O)CC1. The van der Waals surface area contributed by atoms with E-state index in [1.54, 1.807) is 0 Å². The number of nitriles is 1. The standard InChI is InChI=1S/C15H18N2O2/c1-12-4-2-3-5-13(12)15(6-9-16)7-10-17(11-8-15)14(18)19/h2-5H,6-8,10-11H2,1H3,(H,18,19). The number of likely N-dealkylation sites (tertiary alicyclic amines) is 1.